The molecule has 0 spiro atoms. The summed E-state index contributed by atoms with van der Waals surface area (Å²) in [6.07, 6.45) is 2.50. The minimum atomic E-state index is -3.33. The van der Waals surface area contributed by atoms with Crippen LogP contribution in [0.2, 0.25) is 0 Å². The summed E-state index contributed by atoms with van der Waals surface area (Å²) in [5.74, 6) is -0.598. The minimum Gasteiger partial charge on any atom is -0.376 e. The van der Waals surface area contributed by atoms with Crippen LogP contribution in [0.4, 0.5) is 11.4 Å². The lowest BCUT2D eigenvalue weighted by molar-refractivity contribution is 0.0858. The molecule has 0 aliphatic carbocycles. The quantitative estimate of drug-likeness (QED) is 0.713. The van der Waals surface area contributed by atoms with Crippen molar-refractivity contribution < 1.29 is 22.7 Å². The number of para-hydroxylation sites is 1. The topological polar surface area (TPSA) is 105 Å². The van der Waals surface area contributed by atoms with Gasteiger partial charge in [0.15, 0.2) is 0 Å². The summed E-state index contributed by atoms with van der Waals surface area (Å²) < 4.78 is 31.2. The fourth-order valence-corrected chi connectivity index (χ4v) is 5.38. The number of carbonyl (C=O) groups is 2. The van der Waals surface area contributed by atoms with Crippen LogP contribution < -0.4 is 14.9 Å². The molecular formula is C22H25N3O5S. The number of rotatable bonds is 6. The first-order valence-corrected chi connectivity index (χ1v) is 12.0. The Bertz CT molecular complexity index is 1080. The summed E-state index contributed by atoms with van der Waals surface area (Å²) in [4.78, 5) is 25.5. The number of amides is 2. The number of anilines is 2. The van der Waals surface area contributed by atoms with Crippen LogP contribution in [-0.2, 0) is 14.8 Å². The Labute approximate surface area is 181 Å². The van der Waals surface area contributed by atoms with Gasteiger partial charge in [0.1, 0.15) is 0 Å². The predicted molar refractivity (Wildman–Crippen MR) is 118 cm³/mol. The highest BCUT2D eigenvalue weighted by atomic mass is 32.2. The van der Waals surface area contributed by atoms with Gasteiger partial charge in [-0.2, -0.15) is 0 Å². The van der Waals surface area contributed by atoms with Gasteiger partial charge in [-0.05, 0) is 49.6 Å². The number of ether oxygens (including phenoxy) is 1. The number of benzene rings is 2. The van der Waals surface area contributed by atoms with E-state index in [1.54, 1.807) is 48.5 Å². The standard InChI is InChI=1S/C22H25N3O5S/c26-21(16-6-3-7-17(14-16)25-11-5-13-31(25,28)29)24-20-10-2-1-9-19(20)22(27)23-15-18-8-4-12-30-18/h1-3,6-7,9-10,14,18H,4-5,8,11-13,15H2,(H,23,27)(H,24,26). The van der Waals surface area contributed by atoms with Crippen LogP contribution in [-0.4, -0.2) is 51.8 Å². The van der Waals surface area contributed by atoms with Crippen LogP contribution >= 0.6 is 0 Å². The van der Waals surface area contributed by atoms with Crippen molar-refractivity contribution in [3.63, 3.8) is 0 Å². The van der Waals surface area contributed by atoms with Gasteiger partial charge in [0.25, 0.3) is 11.8 Å². The van der Waals surface area contributed by atoms with E-state index in [0.717, 1.165) is 12.8 Å². The van der Waals surface area contributed by atoms with Gasteiger partial charge in [-0.25, -0.2) is 8.42 Å². The van der Waals surface area contributed by atoms with Crippen LogP contribution in [0.5, 0.6) is 0 Å². The van der Waals surface area contributed by atoms with Gasteiger partial charge < -0.3 is 15.4 Å². The SMILES string of the molecule is O=C(Nc1ccccc1C(=O)NCC1CCCO1)c1cccc(N2CCCS2(=O)=O)c1. The summed E-state index contributed by atoms with van der Waals surface area (Å²) in [5, 5.41) is 5.64. The third-order valence-corrected chi connectivity index (χ3v) is 7.30. The van der Waals surface area contributed by atoms with E-state index in [1.165, 1.54) is 4.31 Å². The first-order chi connectivity index (χ1) is 14.9. The number of hydrogen-bond donors (Lipinski definition) is 2. The Morgan fingerprint density at radius 2 is 1.90 bits per heavy atom. The Kier molecular flexibility index (Phi) is 6.24. The van der Waals surface area contributed by atoms with Crippen molar-refractivity contribution in [1.82, 2.24) is 5.32 Å². The van der Waals surface area contributed by atoms with Crippen LogP contribution in [0.15, 0.2) is 48.5 Å². The lowest BCUT2D eigenvalue weighted by Crippen LogP contribution is -2.32. The summed E-state index contributed by atoms with van der Waals surface area (Å²) in [5.41, 5.74) is 1.52. The highest BCUT2D eigenvalue weighted by Gasteiger charge is 2.28. The molecule has 0 aromatic heterocycles. The Balaban J connectivity index is 1.48. The van der Waals surface area contributed by atoms with E-state index in [-0.39, 0.29) is 17.8 Å². The van der Waals surface area contributed by atoms with Crippen LogP contribution in [0, 0.1) is 0 Å². The van der Waals surface area contributed by atoms with Crippen molar-refractivity contribution in [1.29, 1.82) is 0 Å². The van der Waals surface area contributed by atoms with Crippen LogP contribution in [0.25, 0.3) is 0 Å². The smallest absolute Gasteiger partial charge is 0.255 e. The normalized spacial score (nSPS) is 19.9. The number of sulfonamides is 1. The third-order valence-electron chi connectivity index (χ3n) is 5.43. The average Bonchev–Trinajstić information content (AvgIpc) is 3.41. The summed E-state index contributed by atoms with van der Waals surface area (Å²) in [6, 6.07) is 13.3. The lowest BCUT2D eigenvalue weighted by atomic mass is 10.1. The second kappa shape index (κ2) is 9.07. The zero-order chi connectivity index (χ0) is 21.8. The molecule has 0 radical (unpaired) electrons. The summed E-state index contributed by atoms with van der Waals surface area (Å²) in [6.45, 7) is 1.54. The van der Waals surface area contributed by atoms with Crippen molar-refractivity contribution in [3.8, 4) is 0 Å². The van der Waals surface area contributed by atoms with Crippen LogP contribution in [0.1, 0.15) is 40.0 Å². The van der Waals surface area contributed by atoms with Crippen molar-refractivity contribution in [2.45, 2.75) is 25.4 Å². The van der Waals surface area contributed by atoms with Crippen molar-refractivity contribution in [2.75, 3.05) is 35.1 Å². The second-order valence-electron chi connectivity index (χ2n) is 7.64. The Hall–Kier alpha value is -2.91. The van der Waals surface area contributed by atoms with E-state index in [9.17, 15) is 18.0 Å². The molecule has 31 heavy (non-hydrogen) atoms. The van der Waals surface area contributed by atoms with Gasteiger partial charge in [-0.3, -0.25) is 13.9 Å². The largest absolute Gasteiger partial charge is 0.376 e. The second-order valence-corrected chi connectivity index (χ2v) is 9.65. The molecule has 8 nitrogen and oxygen atoms in total. The lowest BCUT2D eigenvalue weighted by Gasteiger charge is -2.18. The van der Waals surface area contributed by atoms with Gasteiger partial charge in [0, 0.05) is 25.3 Å². The third kappa shape index (κ3) is 4.88. The van der Waals surface area contributed by atoms with Gasteiger partial charge in [-0.15, -0.1) is 0 Å². The molecule has 4 rings (SSSR count). The molecule has 2 aromatic rings. The molecule has 1 unspecified atom stereocenters. The predicted octanol–water partition coefficient (Wildman–Crippen LogP) is 2.39. The zero-order valence-corrected chi connectivity index (χ0v) is 17.9. The van der Waals surface area contributed by atoms with Crippen molar-refractivity contribution in [2.24, 2.45) is 0 Å². The maximum absolute atomic E-state index is 12.9. The molecule has 2 saturated heterocycles. The molecule has 9 heteroatoms. The Morgan fingerprint density at radius 3 is 2.65 bits per heavy atom. The number of nitrogens with zero attached hydrogens (tertiary/aromatic N) is 1. The van der Waals surface area contributed by atoms with E-state index >= 15 is 0 Å². The molecule has 2 fully saturated rings. The molecule has 164 valence electrons. The molecule has 2 aliphatic heterocycles. The highest BCUT2D eigenvalue weighted by molar-refractivity contribution is 7.93. The van der Waals surface area contributed by atoms with Crippen LogP contribution in [0.3, 0.4) is 0 Å². The van der Waals surface area contributed by atoms with Crippen molar-refractivity contribution in [3.05, 3.63) is 59.7 Å². The van der Waals surface area contributed by atoms with Gasteiger partial charge >= 0.3 is 0 Å². The average molecular weight is 444 g/mol. The minimum absolute atomic E-state index is 0.0234. The first-order valence-electron chi connectivity index (χ1n) is 10.3. The molecule has 2 aliphatic rings. The maximum Gasteiger partial charge on any atom is 0.255 e. The Morgan fingerprint density at radius 1 is 1.06 bits per heavy atom. The molecule has 1 atom stereocenters. The van der Waals surface area contributed by atoms with E-state index < -0.39 is 15.9 Å². The monoisotopic (exact) mass is 443 g/mol. The maximum atomic E-state index is 12.9. The summed E-state index contributed by atoms with van der Waals surface area (Å²) in [7, 11) is -3.33. The number of nitrogens with one attached hydrogen (secondary N) is 2. The van der Waals surface area contributed by atoms with E-state index in [2.05, 4.69) is 10.6 Å². The summed E-state index contributed by atoms with van der Waals surface area (Å²) >= 11 is 0. The number of carbonyl (C=O) groups excluding carboxylic acids is 2. The molecule has 2 N–H and O–H groups in total. The fourth-order valence-electron chi connectivity index (χ4n) is 3.82. The van der Waals surface area contributed by atoms with E-state index in [1.807, 2.05) is 0 Å². The zero-order valence-electron chi connectivity index (χ0n) is 17.0. The molecule has 2 amide bonds. The van der Waals surface area contributed by atoms with Gasteiger partial charge in [-0.1, -0.05) is 18.2 Å². The molecule has 2 aromatic carbocycles. The van der Waals surface area contributed by atoms with E-state index in [4.69, 9.17) is 4.74 Å². The molecule has 0 saturated carbocycles. The van der Waals surface area contributed by atoms with Gasteiger partial charge in [0.2, 0.25) is 10.0 Å². The van der Waals surface area contributed by atoms with E-state index in [0.29, 0.717) is 48.6 Å². The highest BCUT2D eigenvalue weighted by Crippen LogP contribution is 2.25. The number of hydrogen-bond acceptors (Lipinski definition) is 5. The first kappa shape index (κ1) is 21.3. The van der Waals surface area contributed by atoms with Crippen molar-refractivity contribution >= 4 is 33.2 Å². The molecular weight excluding hydrogens is 418 g/mol. The van der Waals surface area contributed by atoms with Gasteiger partial charge in [0.05, 0.1) is 28.8 Å². The molecule has 0 bridgehead atoms. The fraction of sp³-hybridized carbons (Fsp3) is 0.364. The molecule has 2 heterocycles.